The van der Waals surface area contributed by atoms with Crippen LogP contribution in [0.1, 0.15) is 10.4 Å². The number of hydrogen-bond donors (Lipinski definition) is 3. The quantitative estimate of drug-likeness (QED) is 0.741. The largest absolute Gasteiger partial charge is 0.399 e. The van der Waals surface area contributed by atoms with Crippen LogP contribution in [0.4, 0.5) is 15.8 Å². The number of carbonyl (C=O) groups excluding carboxylic acids is 1. The van der Waals surface area contributed by atoms with E-state index in [4.69, 9.17) is 10.9 Å². The third-order valence-electron chi connectivity index (χ3n) is 2.62. The average Bonchev–Trinajstić information content (AvgIpc) is 2.37. The Kier molecular flexibility index (Phi) is 3.92. The third-order valence-corrected chi connectivity index (χ3v) is 3.59. The molecule has 2 aromatic carbocycles. The average molecular weight is 309 g/mol. The van der Waals surface area contributed by atoms with Gasteiger partial charge in [-0.1, -0.05) is 12.1 Å². The van der Waals surface area contributed by atoms with E-state index in [2.05, 4.69) is 5.32 Å². The minimum atomic E-state index is -3.99. The first-order valence-electron chi connectivity index (χ1n) is 5.76. The van der Waals surface area contributed by atoms with Gasteiger partial charge in [0.05, 0.1) is 5.69 Å². The standard InChI is InChI=1S/C13H12FN3O3S/c14-9-5-8(6-10(15)7-9)13(18)17-11-3-1-2-4-12(11)21(16,19)20/h1-7H,15H2,(H,17,18)(H2,16,19,20). The first-order chi connectivity index (χ1) is 9.77. The Hall–Kier alpha value is -2.45. The molecule has 0 saturated carbocycles. The number of rotatable bonds is 3. The van der Waals surface area contributed by atoms with Crippen LogP contribution in [0.15, 0.2) is 47.4 Å². The van der Waals surface area contributed by atoms with Crippen molar-refractivity contribution in [3.63, 3.8) is 0 Å². The molecular formula is C13H12FN3O3S. The number of primary sulfonamides is 1. The van der Waals surface area contributed by atoms with Gasteiger partial charge in [0.15, 0.2) is 0 Å². The van der Waals surface area contributed by atoms with Crippen molar-refractivity contribution in [1.82, 2.24) is 0 Å². The summed E-state index contributed by atoms with van der Waals surface area (Å²) in [5, 5.41) is 7.43. The van der Waals surface area contributed by atoms with Gasteiger partial charge >= 0.3 is 0 Å². The third kappa shape index (κ3) is 3.56. The summed E-state index contributed by atoms with van der Waals surface area (Å²) in [6.45, 7) is 0. The molecule has 0 aliphatic carbocycles. The number of para-hydroxylation sites is 1. The van der Waals surface area contributed by atoms with E-state index in [0.717, 1.165) is 12.1 Å². The highest BCUT2D eigenvalue weighted by molar-refractivity contribution is 7.89. The second-order valence-corrected chi connectivity index (χ2v) is 5.80. The highest BCUT2D eigenvalue weighted by Crippen LogP contribution is 2.20. The van der Waals surface area contributed by atoms with Crippen LogP contribution in [0.3, 0.4) is 0 Å². The minimum Gasteiger partial charge on any atom is -0.399 e. The molecular weight excluding hydrogens is 297 g/mol. The van der Waals surface area contributed by atoms with Crippen LogP contribution in [0.25, 0.3) is 0 Å². The van der Waals surface area contributed by atoms with E-state index in [0.29, 0.717) is 0 Å². The van der Waals surface area contributed by atoms with E-state index in [-0.39, 0.29) is 21.8 Å². The summed E-state index contributed by atoms with van der Waals surface area (Å²) in [7, 11) is -3.99. The molecule has 0 fully saturated rings. The van der Waals surface area contributed by atoms with Crippen molar-refractivity contribution in [3.05, 3.63) is 53.8 Å². The molecule has 2 aromatic rings. The number of amides is 1. The van der Waals surface area contributed by atoms with Gasteiger partial charge in [-0.15, -0.1) is 0 Å². The van der Waals surface area contributed by atoms with E-state index in [1.165, 1.54) is 30.3 Å². The molecule has 1 amide bonds. The van der Waals surface area contributed by atoms with E-state index in [1.807, 2.05) is 0 Å². The predicted molar refractivity (Wildman–Crippen MR) is 76.6 cm³/mol. The van der Waals surface area contributed by atoms with E-state index in [9.17, 15) is 17.6 Å². The zero-order valence-electron chi connectivity index (χ0n) is 10.7. The second kappa shape index (κ2) is 5.51. The molecule has 2 rings (SSSR count). The zero-order chi connectivity index (χ0) is 15.6. The van der Waals surface area contributed by atoms with Gasteiger partial charge in [0.2, 0.25) is 10.0 Å². The van der Waals surface area contributed by atoms with Crippen LogP contribution in [0, 0.1) is 5.82 Å². The van der Waals surface area contributed by atoms with Gasteiger partial charge in [-0.05, 0) is 30.3 Å². The van der Waals surface area contributed by atoms with Crippen molar-refractivity contribution in [2.75, 3.05) is 11.1 Å². The molecule has 0 radical (unpaired) electrons. The molecule has 6 nitrogen and oxygen atoms in total. The summed E-state index contributed by atoms with van der Waals surface area (Å²) in [6.07, 6.45) is 0. The Labute approximate surface area is 120 Å². The summed E-state index contributed by atoms with van der Waals surface area (Å²) >= 11 is 0. The van der Waals surface area contributed by atoms with Crippen LogP contribution in [0.5, 0.6) is 0 Å². The number of nitrogens with two attached hydrogens (primary N) is 2. The lowest BCUT2D eigenvalue weighted by atomic mass is 10.2. The van der Waals surface area contributed by atoms with Crippen LogP contribution >= 0.6 is 0 Å². The summed E-state index contributed by atoms with van der Waals surface area (Å²) < 4.78 is 36.1. The molecule has 5 N–H and O–H groups in total. The molecule has 8 heteroatoms. The molecule has 0 unspecified atom stereocenters. The molecule has 0 heterocycles. The van der Waals surface area contributed by atoms with Crippen molar-refractivity contribution in [3.8, 4) is 0 Å². The number of benzene rings is 2. The van der Waals surface area contributed by atoms with Gasteiger partial charge in [-0.25, -0.2) is 17.9 Å². The summed E-state index contributed by atoms with van der Waals surface area (Å²) in [4.78, 5) is 11.8. The maximum atomic E-state index is 13.2. The summed E-state index contributed by atoms with van der Waals surface area (Å²) in [6, 6.07) is 8.96. The minimum absolute atomic E-state index is 0.00725. The number of halogens is 1. The molecule has 110 valence electrons. The van der Waals surface area contributed by atoms with E-state index < -0.39 is 21.7 Å². The van der Waals surface area contributed by atoms with Gasteiger partial charge < -0.3 is 11.1 Å². The number of nitrogens with one attached hydrogen (secondary N) is 1. The smallest absolute Gasteiger partial charge is 0.255 e. The lowest BCUT2D eigenvalue weighted by Gasteiger charge is -2.10. The topological polar surface area (TPSA) is 115 Å². The Morgan fingerprint density at radius 3 is 2.43 bits per heavy atom. The Morgan fingerprint density at radius 1 is 1.14 bits per heavy atom. The highest BCUT2D eigenvalue weighted by atomic mass is 32.2. The number of anilines is 2. The fraction of sp³-hybridized carbons (Fsp3) is 0. The zero-order valence-corrected chi connectivity index (χ0v) is 11.5. The normalized spacial score (nSPS) is 11.1. The van der Waals surface area contributed by atoms with Crippen LogP contribution in [-0.4, -0.2) is 14.3 Å². The molecule has 0 saturated heterocycles. The number of hydrogen-bond acceptors (Lipinski definition) is 4. The van der Waals surface area contributed by atoms with Gasteiger partial charge in [0.1, 0.15) is 10.7 Å². The fourth-order valence-corrected chi connectivity index (χ4v) is 2.45. The molecule has 21 heavy (non-hydrogen) atoms. The predicted octanol–water partition coefficient (Wildman–Crippen LogP) is 1.31. The van der Waals surface area contributed by atoms with E-state index in [1.54, 1.807) is 0 Å². The first kappa shape index (κ1) is 14.9. The molecule has 0 aromatic heterocycles. The molecule has 0 spiro atoms. The van der Waals surface area contributed by atoms with Gasteiger partial charge in [-0.3, -0.25) is 4.79 Å². The lowest BCUT2D eigenvalue weighted by molar-refractivity contribution is 0.102. The van der Waals surface area contributed by atoms with Crippen molar-refractivity contribution in [1.29, 1.82) is 0 Å². The van der Waals surface area contributed by atoms with E-state index >= 15 is 0 Å². The Balaban J connectivity index is 2.37. The molecule has 0 bridgehead atoms. The number of nitrogen functional groups attached to an aromatic ring is 1. The maximum absolute atomic E-state index is 13.2. The lowest BCUT2D eigenvalue weighted by Crippen LogP contribution is -2.18. The maximum Gasteiger partial charge on any atom is 0.255 e. The Bertz CT molecular complexity index is 786. The molecule has 0 aliphatic rings. The van der Waals surface area contributed by atoms with Crippen LogP contribution in [0.2, 0.25) is 0 Å². The first-order valence-corrected chi connectivity index (χ1v) is 7.31. The molecule has 0 aliphatic heterocycles. The number of carbonyl (C=O) groups is 1. The van der Waals surface area contributed by atoms with Crippen LogP contribution < -0.4 is 16.2 Å². The van der Waals surface area contributed by atoms with Gasteiger partial charge in [0.25, 0.3) is 5.91 Å². The van der Waals surface area contributed by atoms with Gasteiger partial charge in [-0.2, -0.15) is 0 Å². The monoisotopic (exact) mass is 309 g/mol. The van der Waals surface area contributed by atoms with Crippen molar-refractivity contribution >= 4 is 27.3 Å². The highest BCUT2D eigenvalue weighted by Gasteiger charge is 2.16. The summed E-state index contributed by atoms with van der Waals surface area (Å²) in [5.41, 5.74) is 5.51. The second-order valence-electron chi connectivity index (χ2n) is 4.27. The van der Waals surface area contributed by atoms with Crippen molar-refractivity contribution in [2.45, 2.75) is 4.90 Å². The van der Waals surface area contributed by atoms with Crippen molar-refractivity contribution in [2.24, 2.45) is 5.14 Å². The van der Waals surface area contributed by atoms with Crippen molar-refractivity contribution < 1.29 is 17.6 Å². The SMILES string of the molecule is Nc1cc(F)cc(C(=O)Nc2ccccc2S(N)(=O)=O)c1. The van der Waals surface area contributed by atoms with Gasteiger partial charge in [0, 0.05) is 11.3 Å². The Morgan fingerprint density at radius 2 is 1.81 bits per heavy atom. The summed E-state index contributed by atoms with van der Waals surface area (Å²) in [5.74, 6) is -1.36. The fourth-order valence-electron chi connectivity index (χ4n) is 1.76. The molecule has 0 atom stereocenters. The van der Waals surface area contributed by atoms with Crippen LogP contribution in [-0.2, 0) is 10.0 Å². The number of sulfonamides is 1.